The zero-order valence-electron chi connectivity index (χ0n) is 26.9. The van der Waals surface area contributed by atoms with Crippen molar-refractivity contribution in [1.82, 2.24) is 15.5 Å². The third kappa shape index (κ3) is 8.65. The number of carboxylic acids is 1. The number of ether oxygens (including phenoxy) is 3. The Morgan fingerprint density at radius 1 is 1.18 bits per heavy atom. The van der Waals surface area contributed by atoms with Gasteiger partial charge in [-0.3, -0.25) is 14.7 Å². The van der Waals surface area contributed by atoms with E-state index in [9.17, 15) is 19.5 Å². The number of aliphatic imine (C=N–C) groups is 1. The van der Waals surface area contributed by atoms with Gasteiger partial charge in [0, 0.05) is 19.2 Å². The van der Waals surface area contributed by atoms with Crippen molar-refractivity contribution in [3.63, 3.8) is 0 Å². The van der Waals surface area contributed by atoms with Gasteiger partial charge in [0.15, 0.2) is 6.29 Å². The Morgan fingerprint density at radius 2 is 1.87 bits per heavy atom. The van der Waals surface area contributed by atoms with Crippen LogP contribution in [0, 0.1) is 5.92 Å². The monoisotopic (exact) mass is 645 g/mol. The number of aromatic carboxylic acids is 1. The van der Waals surface area contributed by atoms with Gasteiger partial charge in [0.25, 0.3) is 0 Å². The van der Waals surface area contributed by atoms with Crippen molar-refractivity contribution in [1.29, 1.82) is 0 Å². The number of imide groups is 1. The lowest BCUT2D eigenvalue weighted by Gasteiger charge is -2.31. The first-order valence-corrected chi connectivity index (χ1v) is 15.1. The topological polar surface area (TPSA) is 165 Å². The summed E-state index contributed by atoms with van der Waals surface area (Å²) in [6.07, 6.45) is 0.120. The molecular weight excluding hydrogens is 602 g/mol. The summed E-state index contributed by atoms with van der Waals surface area (Å²) in [5, 5.41) is 16.3. The SMILES string of the molecule is CC[C@@H](NC(=O)N1CC(NCC(OC)OC)=NC[C@H](Cc2cc(Cl)ccc2OC)C1=O)c1ccc(C(=O)O)c(N)c1C(C)(C)C. The van der Waals surface area contributed by atoms with E-state index in [1.807, 2.05) is 27.7 Å². The van der Waals surface area contributed by atoms with Crippen LogP contribution >= 0.6 is 11.6 Å². The van der Waals surface area contributed by atoms with Crippen molar-refractivity contribution in [3.05, 3.63) is 57.6 Å². The van der Waals surface area contributed by atoms with Gasteiger partial charge in [-0.05, 0) is 59.2 Å². The quantitative estimate of drug-likeness (QED) is 0.205. The van der Waals surface area contributed by atoms with Crippen LogP contribution in [0.25, 0.3) is 0 Å². The second-order valence-electron chi connectivity index (χ2n) is 11.8. The number of amidine groups is 1. The Bertz CT molecular complexity index is 1420. The van der Waals surface area contributed by atoms with Crippen LogP contribution in [0.15, 0.2) is 35.3 Å². The van der Waals surface area contributed by atoms with Gasteiger partial charge in [-0.2, -0.15) is 0 Å². The number of carbonyl (C=O) groups excluding carboxylic acids is 2. The molecule has 0 bridgehead atoms. The summed E-state index contributed by atoms with van der Waals surface area (Å²) >= 11 is 6.26. The number of benzene rings is 2. The summed E-state index contributed by atoms with van der Waals surface area (Å²) in [5.74, 6) is -1.27. The summed E-state index contributed by atoms with van der Waals surface area (Å²) in [5.41, 5.74) is 7.99. The van der Waals surface area contributed by atoms with E-state index < -0.39 is 41.6 Å². The maximum absolute atomic E-state index is 14.0. The van der Waals surface area contributed by atoms with Crippen LogP contribution in [0.3, 0.4) is 0 Å². The zero-order chi connectivity index (χ0) is 33.5. The van der Waals surface area contributed by atoms with Crippen LogP contribution in [-0.4, -0.2) is 81.0 Å². The molecule has 0 unspecified atom stereocenters. The number of hydrogen-bond acceptors (Lipinski definition) is 9. The van der Waals surface area contributed by atoms with Gasteiger partial charge in [-0.1, -0.05) is 45.4 Å². The van der Waals surface area contributed by atoms with Gasteiger partial charge in [0.2, 0.25) is 5.91 Å². The van der Waals surface area contributed by atoms with E-state index >= 15 is 0 Å². The van der Waals surface area contributed by atoms with Gasteiger partial charge < -0.3 is 35.7 Å². The maximum atomic E-state index is 14.0. The van der Waals surface area contributed by atoms with Crippen molar-refractivity contribution in [2.24, 2.45) is 10.9 Å². The molecule has 1 aliphatic rings. The van der Waals surface area contributed by atoms with Crippen molar-refractivity contribution >= 4 is 41.0 Å². The van der Waals surface area contributed by atoms with Crippen LogP contribution in [0.5, 0.6) is 5.75 Å². The molecular formula is C32H44ClN5O7. The van der Waals surface area contributed by atoms with Crippen LogP contribution in [0.4, 0.5) is 10.5 Å². The highest BCUT2D eigenvalue weighted by molar-refractivity contribution is 6.30. The summed E-state index contributed by atoms with van der Waals surface area (Å²) in [6.45, 7) is 7.91. The number of nitrogens with zero attached hydrogens (tertiary/aromatic N) is 2. The minimum absolute atomic E-state index is 0.0100. The van der Waals surface area contributed by atoms with E-state index in [1.165, 1.54) is 27.4 Å². The number of halogens is 1. The molecule has 0 spiro atoms. The summed E-state index contributed by atoms with van der Waals surface area (Å²) in [7, 11) is 4.56. The molecule has 5 N–H and O–H groups in total. The standard InChI is InChI=1S/C32H44ClN5O7/c1-8-23(21-10-11-22(30(40)41)28(34)27(21)32(2,3)4)37-31(42)38-17-25(36-16-26(44-6)45-7)35-15-19(29(38)39)13-18-14-20(33)9-12-24(18)43-5/h9-12,14,19,23,26H,8,13,15-17,34H2,1-7H3,(H,35,36)(H,37,42)(H,40,41)/t19-,23+/m0/s1. The highest BCUT2D eigenvalue weighted by Gasteiger charge is 2.35. The summed E-state index contributed by atoms with van der Waals surface area (Å²) in [4.78, 5) is 45.7. The Hall–Kier alpha value is -3.87. The number of nitrogens with two attached hydrogens (primary N) is 1. The van der Waals surface area contributed by atoms with E-state index in [0.29, 0.717) is 39.7 Å². The molecule has 3 amide bonds. The lowest BCUT2D eigenvalue weighted by molar-refractivity contribution is -0.131. The number of amides is 3. The molecule has 0 radical (unpaired) electrons. The van der Waals surface area contributed by atoms with Crippen molar-refractivity contribution in [3.8, 4) is 5.75 Å². The Labute approximate surface area is 269 Å². The molecule has 12 nitrogen and oxygen atoms in total. The number of nitrogens with one attached hydrogen (secondary N) is 2. The molecule has 2 aromatic carbocycles. The van der Waals surface area contributed by atoms with E-state index in [0.717, 1.165) is 4.90 Å². The van der Waals surface area contributed by atoms with Crippen LogP contribution in [-0.2, 0) is 26.1 Å². The number of carbonyl (C=O) groups is 3. The van der Waals surface area contributed by atoms with Gasteiger partial charge in [-0.25, -0.2) is 9.59 Å². The first-order valence-electron chi connectivity index (χ1n) is 14.7. The molecule has 45 heavy (non-hydrogen) atoms. The number of carboxylic acid groups (broad SMARTS) is 1. The van der Waals surface area contributed by atoms with Crippen LogP contribution in [0.1, 0.15) is 67.2 Å². The van der Waals surface area contributed by atoms with Gasteiger partial charge >= 0.3 is 12.0 Å². The van der Waals surface area contributed by atoms with Gasteiger partial charge in [0.05, 0.1) is 50.0 Å². The first kappa shape index (κ1) is 35.6. The molecule has 0 saturated carbocycles. The summed E-state index contributed by atoms with van der Waals surface area (Å²) in [6, 6.07) is 7.10. The van der Waals surface area contributed by atoms with Gasteiger partial charge in [-0.15, -0.1) is 0 Å². The van der Waals surface area contributed by atoms with E-state index in [2.05, 4.69) is 15.6 Å². The van der Waals surface area contributed by atoms with Crippen molar-refractivity contribution in [2.45, 2.75) is 58.3 Å². The molecule has 0 fully saturated rings. The molecule has 13 heteroatoms. The van der Waals surface area contributed by atoms with E-state index in [1.54, 1.807) is 24.3 Å². The maximum Gasteiger partial charge on any atom is 0.337 e. The second-order valence-corrected chi connectivity index (χ2v) is 12.2. The minimum atomic E-state index is -1.14. The fourth-order valence-electron chi connectivity index (χ4n) is 5.45. The highest BCUT2D eigenvalue weighted by Crippen LogP contribution is 2.37. The zero-order valence-corrected chi connectivity index (χ0v) is 27.7. The second kappa shape index (κ2) is 15.4. The van der Waals surface area contributed by atoms with Crippen molar-refractivity contribution < 1.29 is 33.7 Å². The highest BCUT2D eigenvalue weighted by atomic mass is 35.5. The molecule has 1 aliphatic heterocycles. The first-order chi connectivity index (χ1) is 21.2. The smallest absolute Gasteiger partial charge is 0.337 e. The van der Waals surface area contributed by atoms with Gasteiger partial charge in [0.1, 0.15) is 11.6 Å². The van der Waals surface area contributed by atoms with Crippen LogP contribution in [0.2, 0.25) is 5.02 Å². The third-order valence-electron chi connectivity index (χ3n) is 7.72. The minimum Gasteiger partial charge on any atom is -0.496 e. The largest absolute Gasteiger partial charge is 0.496 e. The number of urea groups is 1. The predicted molar refractivity (Wildman–Crippen MR) is 173 cm³/mol. The molecule has 2 aromatic rings. The molecule has 3 rings (SSSR count). The fraction of sp³-hybridized carbons (Fsp3) is 0.500. The normalized spacial score (nSPS) is 16.2. The van der Waals surface area contributed by atoms with Crippen molar-refractivity contribution in [2.75, 3.05) is 46.7 Å². The molecule has 0 aliphatic carbocycles. The molecule has 1 heterocycles. The molecule has 2 atom stereocenters. The lowest BCUT2D eigenvalue weighted by atomic mass is 9.79. The molecule has 0 saturated heterocycles. The van der Waals surface area contributed by atoms with E-state index in [-0.39, 0.29) is 37.3 Å². The summed E-state index contributed by atoms with van der Waals surface area (Å²) < 4.78 is 16.0. The number of rotatable bonds is 11. The average molecular weight is 646 g/mol. The predicted octanol–water partition coefficient (Wildman–Crippen LogP) is 4.40. The Morgan fingerprint density at radius 3 is 2.44 bits per heavy atom. The Balaban J connectivity index is 1.99. The number of anilines is 1. The Kier molecular flexibility index (Phi) is 12.2. The molecule has 246 valence electrons. The van der Waals surface area contributed by atoms with Crippen LogP contribution < -0.4 is 21.1 Å². The average Bonchev–Trinajstić information content (AvgIpc) is 3.14. The number of methoxy groups -OCH3 is 3. The third-order valence-corrected chi connectivity index (χ3v) is 7.95. The lowest BCUT2D eigenvalue weighted by Crippen LogP contribution is -2.51. The fourth-order valence-corrected chi connectivity index (χ4v) is 5.64. The molecule has 0 aromatic heterocycles. The van der Waals surface area contributed by atoms with E-state index in [4.69, 9.17) is 31.5 Å². The number of hydrogen-bond donors (Lipinski definition) is 4. The number of nitrogen functional groups attached to an aromatic ring is 1.